The third-order valence-corrected chi connectivity index (χ3v) is 6.63. The fourth-order valence-electron chi connectivity index (χ4n) is 4.67. The van der Waals surface area contributed by atoms with Crippen LogP contribution in [0.15, 0.2) is 51.9 Å². The number of rotatable bonds is 5. The summed E-state index contributed by atoms with van der Waals surface area (Å²) in [5, 5.41) is 9.17. The van der Waals surface area contributed by atoms with E-state index in [1.165, 1.54) is 0 Å². The van der Waals surface area contributed by atoms with E-state index in [1.807, 2.05) is 45.3 Å². The Hall–Kier alpha value is -4.24. The van der Waals surface area contributed by atoms with Crippen molar-refractivity contribution >= 4 is 45.3 Å². The first-order valence-electron chi connectivity index (χ1n) is 12.8. The molecule has 0 spiro atoms. The van der Waals surface area contributed by atoms with E-state index in [-0.39, 0.29) is 22.3 Å². The summed E-state index contributed by atoms with van der Waals surface area (Å²) in [5.74, 6) is -0.155. The number of benzene rings is 1. The maximum atomic E-state index is 13.6. The summed E-state index contributed by atoms with van der Waals surface area (Å²) in [4.78, 5) is 35.2. The summed E-state index contributed by atoms with van der Waals surface area (Å²) in [6, 6.07) is 8.60. The first-order valence-corrected chi connectivity index (χ1v) is 13.2. The maximum Gasteiger partial charge on any atom is 0.359 e. The molecule has 0 aliphatic heterocycles. The second-order valence-corrected chi connectivity index (χ2v) is 11.3. The molecule has 0 saturated heterocycles. The van der Waals surface area contributed by atoms with Crippen molar-refractivity contribution in [2.45, 2.75) is 53.2 Å². The van der Waals surface area contributed by atoms with Gasteiger partial charge in [-0.2, -0.15) is 5.10 Å². The Kier molecular flexibility index (Phi) is 6.87. The number of nitrogens with zero attached hydrogens (tertiary/aromatic N) is 4. The number of pyridine rings is 2. The van der Waals surface area contributed by atoms with Crippen molar-refractivity contribution < 1.29 is 13.9 Å². The van der Waals surface area contributed by atoms with Gasteiger partial charge in [0.05, 0.1) is 17.1 Å². The maximum absolute atomic E-state index is 13.6. The van der Waals surface area contributed by atoms with Gasteiger partial charge in [0, 0.05) is 41.5 Å². The lowest BCUT2D eigenvalue weighted by Gasteiger charge is -2.22. The highest BCUT2D eigenvalue weighted by atomic mass is 35.5. The van der Waals surface area contributed by atoms with Crippen LogP contribution in [0.5, 0.6) is 0 Å². The molecule has 40 heavy (non-hydrogen) atoms. The number of hydrogen-bond donors (Lipinski definition) is 1. The largest absolute Gasteiger partial charge is 0.455 e. The highest BCUT2D eigenvalue weighted by Gasteiger charge is 2.25. The molecule has 0 fully saturated rings. The van der Waals surface area contributed by atoms with Crippen LogP contribution in [0.4, 0.5) is 5.69 Å². The van der Waals surface area contributed by atoms with Gasteiger partial charge in [-0.1, -0.05) is 17.7 Å². The van der Waals surface area contributed by atoms with Crippen LogP contribution in [0.25, 0.3) is 33.3 Å². The van der Waals surface area contributed by atoms with Crippen molar-refractivity contribution in [1.82, 2.24) is 19.7 Å². The molecule has 4 heterocycles. The van der Waals surface area contributed by atoms with Crippen LogP contribution in [0.3, 0.4) is 0 Å². The number of hydrogen-bond acceptors (Lipinski definition) is 8. The first kappa shape index (κ1) is 27.3. The Bertz CT molecular complexity index is 1850. The number of carbonyl (C=O) groups excluding carboxylic acids is 1. The monoisotopic (exact) mass is 559 g/mol. The molecule has 10 heteroatoms. The van der Waals surface area contributed by atoms with Gasteiger partial charge < -0.3 is 14.5 Å². The van der Waals surface area contributed by atoms with Crippen LogP contribution in [0, 0.1) is 13.8 Å². The zero-order valence-electron chi connectivity index (χ0n) is 23.4. The minimum absolute atomic E-state index is 0.0695. The minimum atomic E-state index is -0.706. The van der Waals surface area contributed by atoms with Gasteiger partial charge in [0.2, 0.25) is 0 Å². The zero-order chi connectivity index (χ0) is 28.9. The van der Waals surface area contributed by atoms with Crippen molar-refractivity contribution in [2.75, 3.05) is 5.32 Å². The number of ether oxygens (including phenoxy) is 1. The van der Waals surface area contributed by atoms with Gasteiger partial charge in [0.1, 0.15) is 22.1 Å². The highest BCUT2D eigenvalue weighted by Crippen LogP contribution is 2.33. The van der Waals surface area contributed by atoms with Gasteiger partial charge in [-0.05, 0) is 71.4 Å². The number of aryl methyl sites for hydroxylation is 2. The standard InChI is InChI=1S/C30H30ClN5O4/c1-15-10-20(17(3)33-22-8-9-23(31)34-24(22)29(38)40-30(4,5)6)27-21(11-15)25(37)16(2)26(39-27)18-12-19-14-36(7)35-28(19)32-13-18/h8-14,17,33H,1-7H3/t17-/m1/s1. The van der Waals surface area contributed by atoms with Crippen LogP contribution < -0.4 is 10.7 Å². The Morgan fingerprint density at radius 2 is 1.93 bits per heavy atom. The van der Waals surface area contributed by atoms with E-state index in [1.54, 1.807) is 50.7 Å². The molecule has 0 unspecified atom stereocenters. The summed E-state index contributed by atoms with van der Waals surface area (Å²) in [6.07, 6.45) is 3.53. The molecule has 0 radical (unpaired) electrons. The van der Waals surface area contributed by atoms with Gasteiger partial charge in [0.15, 0.2) is 16.8 Å². The number of carbonyl (C=O) groups is 1. The van der Waals surface area contributed by atoms with Gasteiger partial charge in [-0.15, -0.1) is 0 Å². The summed E-state index contributed by atoms with van der Waals surface area (Å²) >= 11 is 6.12. The lowest BCUT2D eigenvalue weighted by Crippen LogP contribution is -2.25. The summed E-state index contributed by atoms with van der Waals surface area (Å²) in [7, 11) is 1.83. The molecule has 9 nitrogen and oxygen atoms in total. The van der Waals surface area contributed by atoms with E-state index < -0.39 is 11.6 Å². The number of anilines is 1. The number of nitrogens with one attached hydrogen (secondary N) is 1. The number of halogens is 1. The quantitative estimate of drug-likeness (QED) is 0.191. The van der Waals surface area contributed by atoms with Crippen molar-refractivity contribution in [3.8, 4) is 11.3 Å². The predicted molar refractivity (Wildman–Crippen MR) is 156 cm³/mol. The molecule has 5 aromatic rings. The Balaban J connectivity index is 1.61. The van der Waals surface area contributed by atoms with E-state index in [0.717, 1.165) is 16.5 Å². The minimum Gasteiger partial charge on any atom is -0.455 e. The normalized spacial score (nSPS) is 12.6. The van der Waals surface area contributed by atoms with Gasteiger partial charge in [-0.3, -0.25) is 9.48 Å². The van der Waals surface area contributed by atoms with E-state index in [9.17, 15) is 9.59 Å². The van der Waals surface area contributed by atoms with E-state index in [2.05, 4.69) is 20.4 Å². The Morgan fingerprint density at radius 3 is 2.65 bits per heavy atom. The molecule has 1 N–H and O–H groups in total. The molecule has 0 aliphatic rings. The molecule has 4 aromatic heterocycles. The van der Waals surface area contributed by atoms with Crippen molar-refractivity contribution in [2.24, 2.45) is 7.05 Å². The zero-order valence-corrected chi connectivity index (χ0v) is 24.2. The number of fused-ring (bicyclic) bond motifs is 2. The second kappa shape index (κ2) is 10.1. The second-order valence-electron chi connectivity index (χ2n) is 11.0. The van der Waals surface area contributed by atoms with Crippen molar-refractivity contribution in [3.63, 3.8) is 0 Å². The molecule has 1 atom stereocenters. The topological polar surface area (TPSA) is 112 Å². The van der Waals surface area contributed by atoms with Crippen LogP contribution in [0.2, 0.25) is 5.15 Å². The Morgan fingerprint density at radius 1 is 1.18 bits per heavy atom. The predicted octanol–water partition coefficient (Wildman–Crippen LogP) is 6.54. The van der Waals surface area contributed by atoms with Crippen molar-refractivity contribution in [1.29, 1.82) is 0 Å². The molecule has 0 aliphatic carbocycles. The fraction of sp³-hybridized carbons (Fsp3) is 0.300. The molecule has 1 aromatic carbocycles. The molecule has 5 rings (SSSR count). The van der Waals surface area contributed by atoms with Gasteiger partial charge >= 0.3 is 5.97 Å². The van der Waals surface area contributed by atoms with Crippen LogP contribution >= 0.6 is 11.6 Å². The lowest BCUT2D eigenvalue weighted by atomic mass is 9.99. The van der Waals surface area contributed by atoms with Crippen LogP contribution in [-0.2, 0) is 11.8 Å². The Labute approximate surface area is 236 Å². The third-order valence-electron chi connectivity index (χ3n) is 6.42. The number of aromatic nitrogens is 4. The first-order chi connectivity index (χ1) is 18.8. The molecular weight excluding hydrogens is 530 g/mol. The van der Waals surface area contributed by atoms with Crippen LogP contribution in [0.1, 0.15) is 60.9 Å². The van der Waals surface area contributed by atoms with E-state index in [0.29, 0.717) is 39.2 Å². The number of esters is 1. The average Bonchev–Trinajstić information content (AvgIpc) is 3.25. The SMILES string of the molecule is Cc1cc([C@@H](C)Nc2ccc(Cl)nc2C(=O)OC(C)(C)C)c2oc(-c3cnc4nn(C)cc4c3)c(C)c(=O)c2c1. The van der Waals surface area contributed by atoms with Crippen molar-refractivity contribution in [3.05, 3.63) is 80.5 Å². The average molecular weight is 560 g/mol. The molecule has 0 amide bonds. The summed E-state index contributed by atoms with van der Waals surface area (Å²) < 4.78 is 13.7. The molecular formula is C30H30ClN5O4. The molecule has 206 valence electrons. The smallest absolute Gasteiger partial charge is 0.359 e. The fourth-order valence-corrected chi connectivity index (χ4v) is 4.81. The van der Waals surface area contributed by atoms with E-state index >= 15 is 0 Å². The van der Waals surface area contributed by atoms with E-state index in [4.69, 9.17) is 20.8 Å². The highest BCUT2D eigenvalue weighted by molar-refractivity contribution is 6.29. The lowest BCUT2D eigenvalue weighted by molar-refractivity contribution is 0.00640. The van der Waals surface area contributed by atoms with Crippen LogP contribution in [-0.4, -0.2) is 31.3 Å². The molecule has 0 saturated carbocycles. The molecule has 0 bridgehead atoms. The summed E-state index contributed by atoms with van der Waals surface area (Å²) in [5.41, 5.74) is 3.56. The summed E-state index contributed by atoms with van der Waals surface area (Å²) in [6.45, 7) is 11.0. The van der Waals surface area contributed by atoms with Gasteiger partial charge in [-0.25, -0.2) is 14.8 Å². The van der Waals surface area contributed by atoms with Gasteiger partial charge in [0.25, 0.3) is 0 Å². The third kappa shape index (κ3) is 5.29.